The second-order valence-electron chi connectivity index (χ2n) is 7.05. The number of aryl methyl sites for hydroxylation is 1. The van der Waals surface area contributed by atoms with Gasteiger partial charge in [0.1, 0.15) is 11.4 Å². The van der Waals surface area contributed by atoms with Crippen molar-refractivity contribution >= 4 is 45.3 Å². The molecular weight excluding hydrogens is 408 g/mol. The Morgan fingerprint density at radius 2 is 1.81 bits per heavy atom. The standard InChI is InChI=1S/C23H18N6OS/c1-15-9-11-17(12-10-15)29-22-21(27-28-29)23(25-14-24-22)31-13-20(30)26-19-8-4-6-16-5-2-3-7-18(16)19/h2-12,14H,13H2,1H3,(H,26,30). The van der Waals surface area contributed by atoms with Crippen molar-refractivity contribution < 1.29 is 4.79 Å². The van der Waals surface area contributed by atoms with E-state index < -0.39 is 0 Å². The van der Waals surface area contributed by atoms with Gasteiger partial charge in [0.05, 0.1) is 11.4 Å². The molecule has 0 aliphatic rings. The number of thioether (sulfide) groups is 1. The highest BCUT2D eigenvalue weighted by Gasteiger charge is 2.15. The van der Waals surface area contributed by atoms with Gasteiger partial charge in [0.15, 0.2) is 11.2 Å². The first kappa shape index (κ1) is 19.2. The molecule has 1 N–H and O–H groups in total. The van der Waals surface area contributed by atoms with Crippen LogP contribution in [0.1, 0.15) is 5.56 Å². The maximum absolute atomic E-state index is 12.6. The first-order valence-electron chi connectivity index (χ1n) is 9.73. The van der Waals surface area contributed by atoms with Crippen LogP contribution in [0.2, 0.25) is 0 Å². The maximum Gasteiger partial charge on any atom is 0.234 e. The molecule has 5 aromatic rings. The molecule has 0 saturated carbocycles. The summed E-state index contributed by atoms with van der Waals surface area (Å²) >= 11 is 1.31. The van der Waals surface area contributed by atoms with Crippen molar-refractivity contribution in [1.82, 2.24) is 25.0 Å². The van der Waals surface area contributed by atoms with Gasteiger partial charge in [-0.1, -0.05) is 71.1 Å². The number of benzene rings is 3. The lowest BCUT2D eigenvalue weighted by Gasteiger charge is -2.08. The molecule has 8 heteroatoms. The number of amides is 1. The van der Waals surface area contributed by atoms with Crippen LogP contribution in [0.4, 0.5) is 5.69 Å². The van der Waals surface area contributed by atoms with E-state index in [1.807, 2.05) is 73.7 Å². The van der Waals surface area contributed by atoms with Crippen molar-refractivity contribution in [2.45, 2.75) is 11.9 Å². The fourth-order valence-electron chi connectivity index (χ4n) is 3.35. The van der Waals surface area contributed by atoms with E-state index in [0.29, 0.717) is 16.2 Å². The summed E-state index contributed by atoms with van der Waals surface area (Å²) in [6, 6.07) is 21.8. The summed E-state index contributed by atoms with van der Waals surface area (Å²) in [5, 5.41) is 14.2. The van der Waals surface area contributed by atoms with Gasteiger partial charge in [-0.3, -0.25) is 4.79 Å². The van der Waals surface area contributed by atoms with Gasteiger partial charge in [-0.15, -0.1) is 5.10 Å². The van der Waals surface area contributed by atoms with Crippen molar-refractivity contribution in [2.75, 3.05) is 11.1 Å². The molecule has 0 aliphatic carbocycles. The molecule has 0 fully saturated rings. The number of carbonyl (C=O) groups excluding carboxylic acids is 1. The Hall–Kier alpha value is -3.78. The summed E-state index contributed by atoms with van der Waals surface area (Å²) in [4.78, 5) is 21.3. The fraction of sp³-hybridized carbons (Fsp3) is 0.0870. The monoisotopic (exact) mass is 426 g/mol. The average molecular weight is 427 g/mol. The largest absolute Gasteiger partial charge is 0.325 e. The maximum atomic E-state index is 12.6. The van der Waals surface area contributed by atoms with Gasteiger partial charge in [-0.25, -0.2) is 9.97 Å². The van der Waals surface area contributed by atoms with E-state index in [2.05, 4.69) is 25.6 Å². The smallest absolute Gasteiger partial charge is 0.234 e. The van der Waals surface area contributed by atoms with Crippen LogP contribution in [0.15, 0.2) is 78.1 Å². The zero-order valence-electron chi connectivity index (χ0n) is 16.7. The van der Waals surface area contributed by atoms with Gasteiger partial charge in [0, 0.05) is 11.1 Å². The molecular formula is C23H18N6OS. The lowest BCUT2D eigenvalue weighted by atomic mass is 10.1. The van der Waals surface area contributed by atoms with E-state index in [4.69, 9.17) is 0 Å². The van der Waals surface area contributed by atoms with E-state index in [-0.39, 0.29) is 11.7 Å². The molecule has 2 heterocycles. The van der Waals surface area contributed by atoms with Crippen molar-refractivity contribution in [3.8, 4) is 5.69 Å². The van der Waals surface area contributed by atoms with Gasteiger partial charge in [-0.05, 0) is 30.5 Å². The van der Waals surface area contributed by atoms with Crippen LogP contribution in [0.5, 0.6) is 0 Å². The third-order valence-corrected chi connectivity index (χ3v) is 5.87. The second kappa shape index (κ2) is 8.16. The van der Waals surface area contributed by atoms with Crippen LogP contribution in [0, 0.1) is 6.92 Å². The minimum Gasteiger partial charge on any atom is -0.325 e. The Morgan fingerprint density at radius 1 is 1.00 bits per heavy atom. The van der Waals surface area contributed by atoms with E-state index in [1.165, 1.54) is 18.1 Å². The number of carbonyl (C=O) groups is 1. The SMILES string of the molecule is Cc1ccc(-n2nnc3c(SCC(=O)Nc4cccc5ccccc45)ncnc32)cc1. The van der Waals surface area contributed by atoms with Crippen LogP contribution in [0.3, 0.4) is 0 Å². The number of hydrogen-bond donors (Lipinski definition) is 1. The van der Waals surface area contributed by atoms with Crippen LogP contribution in [-0.4, -0.2) is 36.6 Å². The van der Waals surface area contributed by atoms with Gasteiger partial charge < -0.3 is 5.32 Å². The number of rotatable bonds is 5. The number of aromatic nitrogens is 5. The van der Waals surface area contributed by atoms with E-state index in [1.54, 1.807) is 4.68 Å². The van der Waals surface area contributed by atoms with E-state index in [0.717, 1.165) is 27.7 Å². The molecule has 7 nitrogen and oxygen atoms in total. The van der Waals surface area contributed by atoms with Crippen LogP contribution < -0.4 is 5.32 Å². The third-order valence-electron chi connectivity index (χ3n) is 4.89. The third kappa shape index (κ3) is 3.85. The minimum absolute atomic E-state index is 0.112. The molecule has 31 heavy (non-hydrogen) atoms. The Kier molecular flexibility index (Phi) is 5.05. The lowest BCUT2D eigenvalue weighted by molar-refractivity contribution is -0.113. The van der Waals surface area contributed by atoms with Gasteiger partial charge in [0.25, 0.3) is 0 Å². The number of hydrogen-bond acceptors (Lipinski definition) is 6. The van der Waals surface area contributed by atoms with Crippen molar-refractivity contribution in [3.63, 3.8) is 0 Å². The molecule has 3 aromatic carbocycles. The second-order valence-corrected chi connectivity index (χ2v) is 8.02. The molecule has 1 amide bonds. The highest BCUT2D eigenvalue weighted by atomic mass is 32.2. The van der Waals surface area contributed by atoms with Crippen LogP contribution in [0.25, 0.3) is 27.6 Å². The zero-order valence-corrected chi connectivity index (χ0v) is 17.5. The zero-order chi connectivity index (χ0) is 21.2. The first-order valence-corrected chi connectivity index (χ1v) is 10.7. The predicted octanol–water partition coefficient (Wildman–Crippen LogP) is 4.40. The molecule has 0 bridgehead atoms. The molecule has 0 spiro atoms. The molecule has 0 radical (unpaired) electrons. The lowest BCUT2D eigenvalue weighted by Crippen LogP contribution is -2.14. The first-order chi connectivity index (χ1) is 15.2. The normalized spacial score (nSPS) is 11.1. The number of nitrogens with zero attached hydrogens (tertiary/aromatic N) is 5. The Labute approximate surface area is 182 Å². The predicted molar refractivity (Wildman–Crippen MR) is 122 cm³/mol. The van der Waals surface area contributed by atoms with Crippen LogP contribution >= 0.6 is 11.8 Å². The van der Waals surface area contributed by atoms with Crippen LogP contribution in [-0.2, 0) is 4.79 Å². The molecule has 152 valence electrons. The summed E-state index contributed by atoms with van der Waals surface area (Å²) in [5.41, 5.74) is 4.01. The Bertz CT molecular complexity index is 1390. The number of nitrogens with one attached hydrogen (secondary N) is 1. The highest BCUT2D eigenvalue weighted by molar-refractivity contribution is 8.00. The average Bonchev–Trinajstić information content (AvgIpc) is 3.23. The molecule has 0 saturated heterocycles. The quantitative estimate of drug-likeness (QED) is 0.331. The van der Waals surface area contributed by atoms with Crippen molar-refractivity contribution in [3.05, 3.63) is 78.6 Å². The fourth-order valence-corrected chi connectivity index (χ4v) is 4.08. The molecule has 2 aromatic heterocycles. The summed E-state index contributed by atoms with van der Waals surface area (Å²) in [6.07, 6.45) is 1.47. The van der Waals surface area contributed by atoms with E-state index in [9.17, 15) is 4.79 Å². The van der Waals surface area contributed by atoms with Gasteiger partial charge in [-0.2, -0.15) is 4.68 Å². The summed E-state index contributed by atoms with van der Waals surface area (Å²) in [6.45, 7) is 2.03. The molecule has 0 atom stereocenters. The summed E-state index contributed by atoms with van der Waals surface area (Å²) < 4.78 is 1.68. The molecule has 5 rings (SSSR count). The Balaban J connectivity index is 1.35. The van der Waals surface area contributed by atoms with Gasteiger partial charge in [0.2, 0.25) is 5.91 Å². The number of fused-ring (bicyclic) bond motifs is 2. The summed E-state index contributed by atoms with van der Waals surface area (Å²) in [5.74, 6) is 0.0891. The summed E-state index contributed by atoms with van der Waals surface area (Å²) in [7, 11) is 0. The number of anilines is 1. The Morgan fingerprint density at radius 3 is 2.68 bits per heavy atom. The van der Waals surface area contributed by atoms with Crippen molar-refractivity contribution in [2.24, 2.45) is 0 Å². The van der Waals surface area contributed by atoms with Gasteiger partial charge >= 0.3 is 0 Å². The molecule has 0 aliphatic heterocycles. The molecule has 0 unspecified atom stereocenters. The topological polar surface area (TPSA) is 85.6 Å². The highest BCUT2D eigenvalue weighted by Crippen LogP contribution is 2.26. The van der Waals surface area contributed by atoms with Crippen molar-refractivity contribution in [1.29, 1.82) is 0 Å². The van der Waals surface area contributed by atoms with E-state index >= 15 is 0 Å². The minimum atomic E-state index is -0.112.